The fourth-order valence-corrected chi connectivity index (χ4v) is 3.47. The topological polar surface area (TPSA) is 56.7 Å². The number of carbonyl (C=O) groups is 1. The largest absolute Gasteiger partial charge is 0.356 e. The van der Waals surface area contributed by atoms with Gasteiger partial charge < -0.3 is 15.5 Å². The van der Waals surface area contributed by atoms with Gasteiger partial charge in [0.25, 0.3) is 0 Å². The minimum absolute atomic E-state index is 0. The van der Waals surface area contributed by atoms with Crippen LogP contribution in [0.1, 0.15) is 5.56 Å². The highest BCUT2D eigenvalue weighted by Crippen LogP contribution is 2.19. The summed E-state index contributed by atoms with van der Waals surface area (Å²) in [6.07, 6.45) is 0. The van der Waals surface area contributed by atoms with E-state index in [2.05, 4.69) is 21.0 Å². The number of aliphatic imine (C=N–C) groups is 1. The zero-order chi connectivity index (χ0) is 18.8. The molecule has 0 unspecified atom stereocenters. The molecule has 0 atom stereocenters. The average Bonchev–Trinajstić information content (AvgIpc) is 3.15. The SMILES string of the molecule is CN(C)C(=O)CNC(=NCc1ccsc1)NCCSc1ccc(Cl)cc1.I. The molecule has 1 heterocycles. The van der Waals surface area contributed by atoms with E-state index < -0.39 is 0 Å². The number of amides is 1. The third-order valence-electron chi connectivity index (χ3n) is 3.38. The number of benzene rings is 1. The van der Waals surface area contributed by atoms with Gasteiger partial charge in [0.15, 0.2) is 5.96 Å². The first kappa shape index (κ1) is 24.1. The van der Waals surface area contributed by atoms with Crippen LogP contribution in [0, 0.1) is 0 Å². The van der Waals surface area contributed by atoms with Gasteiger partial charge in [-0.1, -0.05) is 11.6 Å². The van der Waals surface area contributed by atoms with Crippen LogP contribution in [0.15, 0.2) is 51.0 Å². The molecule has 1 amide bonds. The van der Waals surface area contributed by atoms with Crippen LogP contribution >= 0.6 is 58.7 Å². The Morgan fingerprint density at radius 3 is 2.59 bits per heavy atom. The number of likely N-dealkylation sites (N-methyl/N-ethyl adjacent to an activating group) is 1. The number of nitrogens with one attached hydrogen (secondary N) is 2. The van der Waals surface area contributed by atoms with E-state index in [0.29, 0.717) is 12.5 Å². The molecule has 0 aliphatic rings. The van der Waals surface area contributed by atoms with E-state index in [1.807, 2.05) is 35.7 Å². The highest BCUT2D eigenvalue weighted by atomic mass is 127. The summed E-state index contributed by atoms with van der Waals surface area (Å²) in [6.45, 7) is 1.53. The number of carbonyl (C=O) groups excluding carboxylic acids is 1. The van der Waals surface area contributed by atoms with Gasteiger partial charge >= 0.3 is 0 Å². The van der Waals surface area contributed by atoms with Crippen molar-refractivity contribution < 1.29 is 4.79 Å². The molecular weight excluding hydrogens is 515 g/mol. The predicted octanol–water partition coefficient (Wildman–Crippen LogP) is 3.94. The molecule has 0 aliphatic heterocycles. The number of rotatable bonds is 8. The van der Waals surface area contributed by atoms with Gasteiger partial charge in [0, 0.05) is 36.3 Å². The molecule has 9 heteroatoms. The summed E-state index contributed by atoms with van der Waals surface area (Å²) in [6, 6.07) is 9.84. The van der Waals surface area contributed by atoms with E-state index in [1.54, 1.807) is 42.1 Å². The second kappa shape index (κ2) is 13.2. The van der Waals surface area contributed by atoms with Crippen molar-refractivity contribution in [1.82, 2.24) is 15.5 Å². The molecule has 0 aliphatic carbocycles. The summed E-state index contributed by atoms with van der Waals surface area (Å²) in [5, 5.41) is 11.2. The lowest BCUT2D eigenvalue weighted by molar-refractivity contribution is -0.127. The third-order valence-corrected chi connectivity index (χ3v) is 5.38. The molecule has 2 N–H and O–H groups in total. The van der Waals surface area contributed by atoms with Gasteiger partial charge in [-0.3, -0.25) is 4.79 Å². The molecule has 2 rings (SSSR count). The molecule has 0 fully saturated rings. The Labute approximate surface area is 191 Å². The molecule has 27 heavy (non-hydrogen) atoms. The summed E-state index contributed by atoms with van der Waals surface area (Å²) < 4.78 is 0. The minimum atomic E-state index is 0. The van der Waals surface area contributed by atoms with Crippen molar-refractivity contribution in [3.8, 4) is 0 Å². The van der Waals surface area contributed by atoms with Gasteiger partial charge in [-0.05, 0) is 46.7 Å². The second-order valence-corrected chi connectivity index (χ2v) is 8.05. The van der Waals surface area contributed by atoms with Crippen molar-refractivity contribution in [2.45, 2.75) is 11.4 Å². The molecule has 1 aromatic heterocycles. The van der Waals surface area contributed by atoms with Crippen LogP contribution < -0.4 is 10.6 Å². The van der Waals surface area contributed by atoms with Gasteiger partial charge in [-0.25, -0.2) is 4.99 Å². The maximum atomic E-state index is 11.8. The first-order chi connectivity index (χ1) is 12.5. The van der Waals surface area contributed by atoms with E-state index in [4.69, 9.17) is 11.6 Å². The Morgan fingerprint density at radius 2 is 1.96 bits per heavy atom. The van der Waals surface area contributed by atoms with E-state index >= 15 is 0 Å². The fourth-order valence-electron chi connectivity index (χ4n) is 1.91. The molecule has 0 saturated heterocycles. The zero-order valence-electron chi connectivity index (χ0n) is 15.3. The summed E-state index contributed by atoms with van der Waals surface area (Å²) in [4.78, 5) is 19.1. The van der Waals surface area contributed by atoms with Gasteiger partial charge in [0.2, 0.25) is 5.91 Å². The van der Waals surface area contributed by atoms with Crippen LogP contribution in [0.5, 0.6) is 0 Å². The molecule has 5 nitrogen and oxygen atoms in total. The molecule has 0 saturated carbocycles. The predicted molar refractivity (Wildman–Crippen MR) is 128 cm³/mol. The molecule has 2 aromatic rings. The molecular formula is C18H24ClIN4OS2. The smallest absolute Gasteiger partial charge is 0.241 e. The maximum Gasteiger partial charge on any atom is 0.241 e. The van der Waals surface area contributed by atoms with Gasteiger partial charge in [-0.2, -0.15) is 11.3 Å². The lowest BCUT2D eigenvalue weighted by Crippen LogP contribution is -2.43. The summed E-state index contributed by atoms with van der Waals surface area (Å²) >= 11 is 9.29. The Hall–Kier alpha value is -0.970. The monoisotopic (exact) mass is 538 g/mol. The van der Waals surface area contributed by atoms with Gasteiger partial charge in [-0.15, -0.1) is 35.7 Å². The first-order valence-electron chi connectivity index (χ1n) is 8.16. The number of guanidine groups is 1. The van der Waals surface area contributed by atoms with E-state index in [1.165, 1.54) is 4.90 Å². The highest BCUT2D eigenvalue weighted by Gasteiger charge is 2.06. The third kappa shape index (κ3) is 9.68. The highest BCUT2D eigenvalue weighted by molar-refractivity contribution is 14.0. The molecule has 0 spiro atoms. The number of hydrogen-bond acceptors (Lipinski definition) is 4. The van der Waals surface area contributed by atoms with Gasteiger partial charge in [0.05, 0.1) is 13.1 Å². The number of halogens is 2. The maximum absolute atomic E-state index is 11.8. The fraction of sp³-hybridized carbons (Fsp3) is 0.333. The Morgan fingerprint density at radius 1 is 1.22 bits per heavy atom. The molecule has 0 bridgehead atoms. The van der Waals surface area contributed by atoms with Crippen molar-refractivity contribution >= 4 is 70.5 Å². The van der Waals surface area contributed by atoms with Crippen molar-refractivity contribution in [3.05, 3.63) is 51.7 Å². The minimum Gasteiger partial charge on any atom is -0.356 e. The number of hydrogen-bond donors (Lipinski definition) is 2. The van der Waals surface area contributed by atoms with E-state index in [0.717, 1.165) is 22.9 Å². The zero-order valence-corrected chi connectivity index (χ0v) is 20.0. The second-order valence-electron chi connectivity index (χ2n) is 5.67. The molecule has 1 aromatic carbocycles. The Balaban J connectivity index is 0.00000364. The van der Waals surface area contributed by atoms with Crippen molar-refractivity contribution in [2.24, 2.45) is 4.99 Å². The molecule has 0 radical (unpaired) electrons. The van der Waals surface area contributed by atoms with Crippen molar-refractivity contribution in [2.75, 3.05) is 32.9 Å². The summed E-state index contributed by atoms with van der Waals surface area (Å²) in [7, 11) is 3.48. The van der Waals surface area contributed by atoms with Crippen LogP contribution in [-0.2, 0) is 11.3 Å². The number of thioether (sulfide) groups is 1. The van der Waals surface area contributed by atoms with Gasteiger partial charge in [0.1, 0.15) is 0 Å². The Kier molecular flexibility index (Phi) is 11.8. The normalized spacial score (nSPS) is 10.9. The van der Waals surface area contributed by atoms with Crippen molar-refractivity contribution in [1.29, 1.82) is 0 Å². The van der Waals surface area contributed by atoms with Crippen LogP contribution in [0.2, 0.25) is 5.02 Å². The lowest BCUT2D eigenvalue weighted by Gasteiger charge is -2.15. The van der Waals surface area contributed by atoms with Crippen LogP contribution in [0.3, 0.4) is 0 Å². The van der Waals surface area contributed by atoms with Crippen molar-refractivity contribution in [3.63, 3.8) is 0 Å². The summed E-state index contributed by atoms with van der Waals surface area (Å²) in [5.41, 5.74) is 1.16. The Bertz CT molecular complexity index is 709. The number of nitrogens with zero attached hydrogens (tertiary/aromatic N) is 2. The lowest BCUT2D eigenvalue weighted by atomic mass is 10.3. The number of thiophene rings is 1. The van der Waals surface area contributed by atoms with Crippen LogP contribution in [-0.4, -0.2) is 49.7 Å². The standard InChI is InChI=1S/C18H23ClN4OS2.HI/c1-23(2)17(24)12-22-18(21-11-14-7-9-25-13-14)20-8-10-26-16-5-3-15(19)4-6-16;/h3-7,9,13H,8,10-12H2,1-2H3,(H2,20,21,22);1H. The van der Waals surface area contributed by atoms with E-state index in [-0.39, 0.29) is 36.4 Å². The van der Waals surface area contributed by atoms with Crippen LogP contribution in [0.25, 0.3) is 0 Å². The first-order valence-corrected chi connectivity index (χ1v) is 10.5. The average molecular weight is 539 g/mol. The van der Waals surface area contributed by atoms with E-state index in [9.17, 15) is 4.79 Å². The molecule has 148 valence electrons. The summed E-state index contributed by atoms with van der Waals surface area (Å²) in [5.74, 6) is 1.52. The quantitative estimate of drug-likeness (QED) is 0.176. The van der Waals surface area contributed by atoms with Crippen LogP contribution in [0.4, 0.5) is 0 Å².